The number of hydrogen-bond donors (Lipinski definition) is 1. The molecule has 1 aliphatic carbocycles. The molecule has 1 N–H and O–H groups in total. The summed E-state index contributed by atoms with van der Waals surface area (Å²) >= 11 is 1.30. The van der Waals surface area contributed by atoms with Crippen LogP contribution in [0.4, 0.5) is 0 Å². The summed E-state index contributed by atoms with van der Waals surface area (Å²) in [5, 5.41) is 4.01. The van der Waals surface area contributed by atoms with Gasteiger partial charge in [-0.3, -0.25) is 4.79 Å². The molecule has 5 nitrogen and oxygen atoms in total. The minimum absolute atomic E-state index is 0.231. The van der Waals surface area contributed by atoms with Crippen molar-refractivity contribution in [1.29, 1.82) is 0 Å². The number of nitrogens with zero attached hydrogens (tertiary/aromatic N) is 2. The molecule has 1 saturated carbocycles. The van der Waals surface area contributed by atoms with Crippen LogP contribution in [0.5, 0.6) is 0 Å². The number of rotatable bonds is 7. The van der Waals surface area contributed by atoms with Gasteiger partial charge in [0.2, 0.25) is 0 Å². The molecule has 1 aromatic rings. The maximum absolute atomic E-state index is 11.2. The molecule has 1 fully saturated rings. The number of carbonyl (C=O) groups is 1. The number of carbonyl (C=O) groups excluding carboxylic acids is 1. The van der Waals surface area contributed by atoms with Crippen molar-refractivity contribution in [3.8, 4) is 0 Å². The van der Waals surface area contributed by atoms with Crippen molar-refractivity contribution in [3.63, 3.8) is 0 Å². The molecular weight excluding hydrogens is 250 g/mol. The normalized spacial score (nSPS) is 14.5. The zero-order valence-corrected chi connectivity index (χ0v) is 11.2. The van der Waals surface area contributed by atoms with Crippen molar-refractivity contribution in [3.05, 3.63) is 18.0 Å². The highest BCUT2D eigenvalue weighted by Gasteiger charge is 2.19. The largest absolute Gasteiger partial charge is 0.465 e. The van der Waals surface area contributed by atoms with Crippen LogP contribution in [0, 0.1) is 0 Å². The van der Waals surface area contributed by atoms with E-state index in [0.717, 1.165) is 12.1 Å². The molecule has 0 bridgehead atoms. The SMILES string of the molecule is CCOC(=O)CSc1ncc(CNC2CC2)cn1. The summed E-state index contributed by atoms with van der Waals surface area (Å²) < 4.78 is 4.83. The number of ether oxygens (including phenoxy) is 1. The zero-order chi connectivity index (χ0) is 12.8. The molecule has 1 aromatic heterocycles. The van der Waals surface area contributed by atoms with Gasteiger partial charge >= 0.3 is 5.97 Å². The van der Waals surface area contributed by atoms with Crippen molar-refractivity contribution in [2.45, 2.75) is 37.5 Å². The van der Waals surface area contributed by atoms with Gasteiger partial charge in [-0.15, -0.1) is 0 Å². The Kier molecular flexibility index (Phi) is 4.95. The van der Waals surface area contributed by atoms with Gasteiger partial charge in [0.05, 0.1) is 12.4 Å². The molecule has 0 aromatic carbocycles. The zero-order valence-electron chi connectivity index (χ0n) is 10.4. The van der Waals surface area contributed by atoms with E-state index in [-0.39, 0.29) is 11.7 Å². The Bertz CT molecular complexity index is 393. The predicted octanol–water partition coefficient (Wildman–Crippen LogP) is 1.38. The van der Waals surface area contributed by atoms with Crippen LogP contribution < -0.4 is 5.32 Å². The van der Waals surface area contributed by atoms with Gasteiger partial charge in [-0.1, -0.05) is 11.8 Å². The Morgan fingerprint density at radius 2 is 2.22 bits per heavy atom. The van der Waals surface area contributed by atoms with Crippen LogP contribution in [0.25, 0.3) is 0 Å². The van der Waals surface area contributed by atoms with Crippen molar-refractivity contribution < 1.29 is 9.53 Å². The molecule has 0 unspecified atom stereocenters. The van der Waals surface area contributed by atoms with Gasteiger partial charge < -0.3 is 10.1 Å². The lowest BCUT2D eigenvalue weighted by molar-refractivity contribution is -0.139. The van der Waals surface area contributed by atoms with Crippen LogP contribution in [0.2, 0.25) is 0 Å². The van der Waals surface area contributed by atoms with Gasteiger partial charge in [0.1, 0.15) is 0 Å². The van der Waals surface area contributed by atoms with Gasteiger partial charge in [-0.25, -0.2) is 9.97 Å². The highest BCUT2D eigenvalue weighted by Crippen LogP contribution is 2.19. The lowest BCUT2D eigenvalue weighted by Crippen LogP contribution is -2.15. The van der Waals surface area contributed by atoms with E-state index in [1.807, 2.05) is 0 Å². The fourth-order valence-corrected chi connectivity index (χ4v) is 1.97. The van der Waals surface area contributed by atoms with Crippen molar-refractivity contribution in [1.82, 2.24) is 15.3 Å². The number of thioether (sulfide) groups is 1. The predicted molar refractivity (Wildman–Crippen MR) is 69.3 cm³/mol. The van der Waals surface area contributed by atoms with Crippen LogP contribution >= 0.6 is 11.8 Å². The highest BCUT2D eigenvalue weighted by atomic mass is 32.2. The topological polar surface area (TPSA) is 64.1 Å². The van der Waals surface area contributed by atoms with E-state index in [2.05, 4.69) is 15.3 Å². The summed E-state index contributed by atoms with van der Waals surface area (Å²) in [6, 6.07) is 0.683. The smallest absolute Gasteiger partial charge is 0.316 e. The quantitative estimate of drug-likeness (QED) is 0.457. The highest BCUT2D eigenvalue weighted by molar-refractivity contribution is 7.99. The molecule has 98 valence electrons. The van der Waals surface area contributed by atoms with E-state index in [4.69, 9.17) is 4.74 Å². The number of nitrogens with one attached hydrogen (secondary N) is 1. The molecule has 2 rings (SSSR count). The molecule has 0 amide bonds. The van der Waals surface area contributed by atoms with Gasteiger partial charge in [0.15, 0.2) is 5.16 Å². The first-order chi connectivity index (χ1) is 8.78. The maximum atomic E-state index is 11.2. The molecule has 1 heterocycles. The third-order valence-electron chi connectivity index (χ3n) is 2.48. The molecule has 0 aliphatic heterocycles. The second-order valence-corrected chi connectivity index (χ2v) is 5.07. The van der Waals surface area contributed by atoms with E-state index in [1.165, 1.54) is 24.6 Å². The molecule has 1 aliphatic rings. The first kappa shape index (κ1) is 13.3. The number of hydrogen-bond acceptors (Lipinski definition) is 6. The van der Waals surface area contributed by atoms with E-state index >= 15 is 0 Å². The van der Waals surface area contributed by atoms with Crippen molar-refractivity contribution >= 4 is 17.7 Å². The lowest BCUT2D eigenvalue weighted by atomic mass is 10.3. The second kappa shape index (κ2) is 6.70. The minimum atomic E-state index is -0.231. The monoisotopic (exact) mass is 267 g/mol. The Morgan fingerprint density at radius 3 is 2.83 bits per heavy atom. The van der Waals surface area contributed by atoms with Crippen LogP contribution in [-0.2, 0) is 16.1 Å². The molecule has 0 saturated heterocycles. The Morgan fingerprint density at radius 1 is 1.50 bits per heavy atom. The second-order valence-electron chi connectivity index (χ2n) is 4.12. The summed E-state index contributed by atoms with van der Waals surface area (Å²) in [7, 11) is 0. The standard InChI is InChI=1S/C12H17N3O2S/c1-2-17-11(16)8-18-12-14-6-9(7-15-12)5-13-10-3-4-10/h6-7,10,13H,2-5,8H2,1H3. The first-order valence-corrected chi connectivity index (χ1v) is 7.09. The average molecular weight is 267 g/mol. The van der Waals surface area contributed by atoms with Crippen LogP contribution in [0.3, 0.4) is 0 Å². The Hall–Kier alpha value is -1.14. The molecular formula is C12H17N3O2S. The Balaban J connectivity index is 1.73. The van der Waals surface area contributed by atoms with Crippen molar-refractivity contribution in [2.75, 3.05) is 12.4 Å². The van der Waals surface area contributed by atoms with Crippen molar-refractivity contribution in [2.24, 2.45) is 0 Å². The first-order valence-electron chi connectivity index (χ1n) is 6.10. The summed E-state index contributed by atoms with van der Waals surface area (Å²) in [5.74, 6) is 0.0265. The Labute approximate surface area is 111 Å². The molecule has 6 heteroatoms. The van der Waals surface area contributed by atoms with E-state index < -0.39 is 0 Å². The van der Waals surface area contributed by atoms with Gasteiger partial charge in [0.25, 0.3) is 0 Å². The fourth-order valence-electron chi connectivity index (χ4n) is 1.38. The van der Waals surface area contributed by atoms with E-state index in [0.29, 0.717) is 17.8 Å². The van der Waals surface area contributed by atoms with Crippen LogP contribution in [0.1, 0.15) is 25.3 Å². The lowest BCUT2D eigenvalue weighted by Gasteiger charge is -2.03. The number of esters is 1. The van der Waals surface area contributed by atoms with Crippen LogP contribution in [-0.4, -0.2) is 34.3 Å². The molecule has 0 radical (unpaired) electrons. The van der Waals surface area contributed by atoms with Gasteiger partial charge in [0, 0.05) is 30.5 Å². The number of aromatic nitrogens is 2. The fraction of sp³-hybridized carbons (Fsp3) is 0.583. The molecule has 0 spiro atoms. The van der Waals surface area contributed by atoms with E-state index in [1.54, 1.807) is 19.3 Å². The maximum Gasteiger partial charge on any atom is 0.316 e. The summed E-state index contributed by atoms with van der Waals surface area (Å²) in [5.41, 5.74) is 1.07. The van der Waals surface area contributed by atoms with Gasteiger partial charge in [-0.05, 0) is 19.8 Å². The average Bonchev–Trinajstić information content (AvgIpc) is 3.19. The summed E-state index contributed by atoms with van der Waals surface area (Å²) in [4.78, 5) is 19.6. The van der Waals surface area contributed by atoms with E-state index in [9.17, 15) is 4.79 Å². The molecule has 18 heavy (non-hydrogen) atoms. The molecule has 0 atom stereocenters. The third kappa shape index (κ3) is 4.62. The summed E-state index contributed by atoms with van der Waals surface area (Å²) in [6.45, 7) is 3.01. The third-order valence-corrected chi connectivity index (χ3v) is 3.33. The van der Waals surface area contributed by atoms with Gasteiger partial charge in [-0.2, -0.15) is 0 Å². The minimum Gasteiger partial charge on any atom is -0.465 e. The van der Waals surface area contributed by atoms with Crippen LogP contribution in [0.15, 0.2) is 17.6 Å². The summed E-state index contributed by atoms with van der Waals surface area (Å²) in [6.07, 6.45) is 6.15.